The molecular weight excluding hydrogens is 262 g/mol. The molecule has 1 fully saturated rings. The SMILES string of the molecule is Fc1cc2[nH]c(=S)n(C3CCSC3)c2cc1F. The van der Waals surface area contributed by atoms with Gasteiger partial charge < -0.3 is 9.55 Å². The van der Waals surface area contributed by atoms with Gasteiger partial charge in [-0.1, -0.05) is 0 Å². The summed E-state index contributed by atoms with van der Waals surface area (Å²) in [6.45, 7) is 0. The summed E-state index contributed by atoms with van der Waals surface area (Å²) >= 11 is 7.09. The number of aromatic amines is 1. The molecule has 0 bridgehead atoms. The zero-order chi connectivity index (χ0) is 12.0. The van der Waals surface area contributed by atoms with Crippen molar-refractivity contribution < 1.29 is 8.78 Å². The van der Waals surface area contributed by atoms with Gasteiger partial charge in [-0.3, -0.25) is 0 Å². The molecule has 2 heterocycles. The van der Waals surface area contributed by atoms with Gasteiger partial charge in [0.2, 0.25) is 0 Å². The number of halogens is 2. The molecule has 1 saturated heterocycles. The number of fused-ring (bicyclic) bond motifs is 1. The van der Waals surface area contributed by atoms with E-state index in [0.29, 0.717) is 15.8 Å². The maximum absolute atomic E-state index is 13.3. The molecule has 0 amide bonds. The normalized spacial score (nSPS) is 20.2. The lowest BCUT2D eigenvalue weighted by molar-refractivity contribution is 0.509. The predicted octanol–water partition coefficient (Wildman–Crippen LogP) is 3.66. The third kappa shape index (κ3) is 1.79. The van der Waals surface area contributed by atoms with Crippen LogP contribution in [0.4, 0.5) is 8.78 Å². The third-order valence-corrected chi connectivity index (χ3v) is 4.47. The molecule has 90 valence electrons. The lowest BCUT2D eigenvalue weighted by Gasteiger charge is -2.11. The van der Waals surface area contributed by atoms with Crippen molar-refractivity contribution in [2.24, 2.45) is 0 Å². The van der Waals surface area contributed by atoms with Crippen LogP contribution in [0.2, 0.25) is 0 Å². The van der Waals surface area contributed by atoms with Crippen molar-refractivity contribution in [2.45, 2.75) is 12.5 Å². The minimum atomic E-state index is -0.846. The fourth-order valence-electron chi connectivity index (χ4n) is 2.21. The Morgan fingerprint density at radius 1 is 1.35 bits per heavy atom. The molecule has 1 unspecified atom stereocenters. The van der Waals surface area contributed by atoms with Gasteiger partial charge >= 0.3 is 0 Å². The second-order valence-corrected chi connectivity index (χ2v) is 5.64. The summed E-state index contributed by atoms with van der Waals surface area (Å²) in [5.74, 6) is 0.385. The average Bonchev–Trinajstić information content (AvgIpc) is 2.86. The largest absolute Gasteiger partial charge is 0.330 e. The topological polar surface area (TPSA) is 20.7 Å². The average molecular weight is 272 g/mol. The maximum atomic E-state index is 13.3. The molecule has 1 aliphatic heterocycles. The van der Waals surface area contributed by atoms with Gasteiger partial charge in [-0.05, 0) is 24.4 Å². The van der Waals surface area contributed by atoms with Gasteiger partial charge in [-0.25, -0.2) is 8.78 Å². The number of benzene rings is 1. The number of nitrogens with one attached hydrogen (secondary N) is 1. The summed E-state index contributed by atoms with van der Waals surface area (Å²) in [6.07, 6.45) is 1.02. The van der Waals surface area contributed by atoms with E-state index in [0.717, 1.165) is 17.9 Å². The van der Waals surface area contributed by atoms with E-state index in [4.69, 9.17) is 12.2 Å². The summed E-state index contributed by atoms with van der Waals surface area (Å²) in [7, 11) is 0. The number of hydrogen-bond donors (Lipinski definition) is 1. The summed E-state index contributed by atoms with van der Waals surface area (Å²) in [6, 6.07) is 2.67. The van der Waals surface area contributed by atoms with Crippen LogP contribution >= 0.6 is 24.0 Å². The van der Waals surface area contributed by atoms with E-state index in [9.17, 15) is 8.78 Å². The van der Waals surface area contributed by atoms with Crippen LogP contribution in [-0.2, 0) is 0 Å². The summed E-state index contributed by atoms with van der Waals surface area (Å²) in [4.78, 5) is 2.93. The van der Waals surface area contributed by atoms with Crippen LogP contribution in [0.25, 0.3) is 11.0 Å². The van der Waals surface area contributed by atoms with E-state index in [-0.39, 0.29) is 6.04 Å². The van der Waals surface area contributed by atoms with Crippen molar-refractivity contribution in [3.8, 4) is 0 Å². The van der Waals surface area contributed by atoms with Crippen molar-refractivity contribution in [1.29, 1.82) is 0 Å². The molecule has 3 rings (SSSR count). The van der Waals surface area contributed by atoms with Crippen LogP contribution < -0.4 is 0 Å². The van der Waals surface area contributed by atoms with Gasteiger partial charge in [0, 0.05) is 23.9 Å². The van der Waals surface area contributed by atoms with E-state index in [1.54, 1.807) is 0 Å². The summed E-state index contributed by atoms with van der Waals surface area (Å²) in [5.41, 5.74) is 1.22. The third-order valence-electron chi connectivity index (χ3n) is 3.03. The number of aromatic nitrogens is 2. The van der Waals surface area contributed by atoms with Crippen LogP contribution in [-0.4, -0.2) is 21.1 Å². The van der Waals surface area contributed by atoms with Crippen molar-refractivity contribution in [3.63, 3.8) is 0 Å². The Labute approximate surface area is 106 Å². The first-order chi connectivity index (χ1) is 8.16. The maximum Gasteiger partial charge on any atom is 0.178 e. The molecule has 0 aliphatic carbocycles. The van der Waals surface area contributed by atoms with Crippen LogP contribution in [0, 0.1) is 16.4 Å². The molecule has 2 aromatic rings. The molecule has 1 aromatic heterocycles. The fraction of sp³-hybridized carbons (Fsp3) is 0.364. The lowest BCUT2D eigenvalue weighted by Crippen LogP contribution is -2.07. The van der Waals surface area contributed by atoms with Gasteiger partial charge in [0.15, 0.2) is 16.4 Å². The van der Waals surface area contributed by atoms with Crippen molar-refractivity contribution >= 4 is 35.0 Å². The minimum absolute atomic E-state index is 0.283. The molecule has 6 heteroatoms. The second-order valence-electron chi connectivity index (χ2n) is 4.10. The Morgan fingerprint density at radius 3 is 2.82 bits per heavy atom. The van der Waals surface area contributed by atoms with Gasteiger partial charge in [-0.15, -0.1) is 0 Å². The highest BCUT2D eigenvalue weighted by atomic mass is 32.2. The minimum Gasteiger partial charge on any atom is -0.330 e. The Kier molecular flexibility index (Phi) is 2.71. The first-order valence-corrected chi connectivity index (χ1v) is 6.90. The zero-order valence-corrected chi connectivity index (χ0v) is 10.5. The van der Waals surface area contributed by atoms with E-state index in [2.05, 4.69) is 4.98 Å². The fourth-order valence-corrected chi connectivity index (χ4v) is 3.76. The van der Waals surface area contributed by atoms with Gasteiger partial charge in [0.05, 0.1) is 11.0 Å². The van der Waals surface area contributed by atoms with E-state index in [1.165, 1.54) is 12.1 Å². The van der Waals surface area contributed by atoms with E-state index >= 15 is 0 Å². The highest BCUT2D eigenvalue weighted by Crippen LogP contribution is 2.31. The summed E-state index contributed by atoms with van der Waals surface area (Å²) in [5, 5.41) is 0. The molecule has 0 saturated carbocycles. The molecule has 1 aromatic carbocycles. The molecule has 0 spiro atoms. The first kappa shape index (κ1) is 11.2. The van der Waals surface area contributed by atoms with Crippen LogP contribution in [0.5, 0.6) is 0 Å². The number of hydrogen-bond acceptors (Lipinski definition) is 2. The van der Waals surface area contributed by atoms with Crippen LogP contribution in [0.1, 0.15) is 12.5 Å². The Bertz CT molecular complexity index is 626. The van der Waals surface area contributed by atoms with Gasteiger partial charge in [0.25, 0.3) is 0 Å². The van der Waals surface area contributed by atoms with Crippen molar-refractivity contribution in [1.82, 2.24) is 9.55 Å². The number of rotatable bonds is 1. The number of imidazole rings is 1. The molecule has 0 radical (unpaired) electrons. The lowest BCUT2D eigenvalue weighted by atomic mass is 10.2. The van der Waals surface area contributed by atoms with Crippen LogP contribution in [0.3, 0.4) is 0 Å². The first-order valence-electron chi connectivity index (χ1n) is 5.34. The van der Waals surface area contributed by atoms with Crippen molar-refractivity contribution in [2.75, 3.05) is 11.5 Å². The van der Waals surface area contributed by atoms with E-state index in [1.807, 2.05) is 16.3 Å². The summed E-state index contributed by atoms with van der Waals surface area (Å²) < 4.78 is 28.9. The molecule has 1 atom stereocenters. The smallest absolute Gasteiger partial charge is 0.178 e. The predicted molar refractivity (Wildman–Crippen MR) is 68.0 cm³/mol. The van der Waals surface area contributed by atoms with Crippen molar-refractivity contribution in [3.05, 3.63) is 28.5 Å². The second kappa shape index (κ2) is 4.10. The highest BCUT2D eigenvalue weighted by molar-refractivity contribution is 7.99. The molecule has 1 N–H and O–H groups in total. The molecule has 17 heavy (non-hydrogen) atoms. The molecule has 1 aliphatic rings. The zero-order valence-electron chi connectivity index (χ0n) is 8.87. The monoisotopic (exact) mass is 272 g/mol. The Balaban J connectivity index is 2.26. The number of H-pyrrole nitrogens is 1. The Morgan fingerprint density at radius 2 is 2.12 bits per heavy atom. The van der Waals surface area contributed by atoms with Gasteiger partial charge in [-0.2, -0.15) is 11.8 Å². The van der Waals surface area contributed by atoms with E-state index < -0.39 is 11.6 Å². The highest BCUT2D eigenvalue weighted by Gasteiger charge is 2.21. The number of nitrogens with zero attached hydrogens (tertiary/aromatic N) is 1. The molecule has 2 nitrogen and oxygen atoms in total. The quantitative estimate of drug-likeness (QED) is 0.800. The molecular formula is C11H10F2N2S2. The standard InChI is InChI=1S/C11H10F2N2S2/c12-7-3-9-10(4-8(7)13)15(11(16)14-9)6-1-2-17-5-6/h3-4,6H,1-2,5H2,(H,14,16). The Hall–Kier alpha value is -0.880. The number of thioether (sulfide) groups is 1. The van der Waals surface area contributed by atoms with Gasteiger partial charge in [0.1, 0.15) is 0 Å². The van der Waals surface area contributed by atoms with Crippen LogP contribution in [0.15, 0.2) is 12.1 Å².